The van der Waals surface area contributed by atoms with Crippen LogP contribution in [0.1, 0.15) is 42.5 Å². The largest absolute Gasteiger partial charge is 0.425 e. The smallest absolute Gasteiger partial charge is 0.343 e. The second-order valence-corrected chi connectivity index (χ2v) is 6.66. The molecule has 6 heteroatoms. The average molecular weight is 407 g/mol. The van der Waals surface area contributed by atoms with Crippen molar-refractivity contribution in [1.29, 1.82) is 0 Å². The molecule has 0 bridgehead atoms. The highest BCUT2D eigenvalue weighted by atomic mass is 79.9. The quantitative estimate of drug-likeness (QED) is 0.543. The van der Waals surface area contributed by atoms with Crippen LogP contribution >= 0.6 is 39.1 Å². The van der Waals surface area contributed by atoms with Crippen molar-refractivity contribution in [3.05, 3.63) is 44.6 Å². The normalized spacial score (nSPS) is 18.1. The maximum absolute atomic E-state index is 12.4. The number of nitrogens with one attached hydrogen (secondary N) is 1. The molecule has 1 aromatic rings. The van der Waals surface area contributed by atoms with Gasteiger partial charge >= 0.3 is 5.97 Å². The van der Waals surface area contributed by atoms with Crippen LogP contribution in [0.3, 0.4) is 0 Å². The Morgan fingerprint density at radius 1 is 1.27 bits per heavy atom. The lowest BCUT2D eigenvalue weighted by Gasteiger charge is -2.37. The molecule has 0 aromatic heterocycles. The zero-order valence-electron chi connectivity index (χ0n) is 12.3. The number of benzene rings is 1. The minimum atomic E-state index is -0.440. The summed E-state index contributed by atoms with van der Waals surface area (Å²) in [5, 5.41) is 4.07. The van der Waals surface area contributed by atoms with Crippen molar-refractivity contribution in [3.8, 4) is 0 Å². The van der Waals surface area contributed by atoms with Crippen molar-refractivity contribution in [2.24, 2.45) is 0 Å². The van der Waals surface area contributed by atoms with Crippen LogP contribution in [0.25, 0.3) is 0 Å². The first-order valence-electron chi connectivity index (χ1n) is 7.19. The van der Waals surface area contributed by atoms with Crippen LogP contribution in [0.15, 0.2) is 28.9 Å². The van der Waals surface area contributed by atoms with E-state index < -0.39 is 5.97 Å². The van der Waals surface area contributed by atoms with E-state index in [1.165, 1.54) is 12.5 Å². The van der Waals surface area contributed by atoms with Gasteiger partial charge in [-0.2, -0.15) is 0 Å². The van der Waals surface area contributed by atoms with Gasteiger partial charge in [-0.1, -0.05) is 58.4 Å². The molecule has 0 saturated heterocycles. The SMILES string of the molecule is CNC1(C(=CBr)OC(=O)c2ccc(Cl)c(Cl)c2)CCCCC1. The Balaban J connectivity index is 2.18. The second kappa shape index (κ2) is 7.82. The highest BCUT2D eigenvalue weighted by Gasteiger charge is 2.37. The Hall–Kier alpha value is -0.550. The summed E-state index contributed by atoms with van der Waals surface area (Å²) < 4.78 is 5.63. The fraction of sp³-hybridized carbons (Fsp3) is 0.438. The Morgan fingerprint density at radius 3 is 2.50 bits per heavy atom. The molecule has 1 fully saturated rings. The van der Waals surface area contributed by atoms with Crippen molar-refractivity contribution in [2.75, 3.05) is 7.05 Å². The van der Waals surface area contributed by atoms with E-state index in [1.54, 1.807) is 17.1 Å². The van der Waals surface area contributed by atoms with Gasteiger partial charge in [0.05, 0.1) is 21.1 Å². The molecule has 0 atom stereocenters. The van der Waals surface area contributed by atoms with E-state index >= 15 is 0 Å². The summed E-state index contributed by atoms with van der Waals surface area (Å²) in [6.45, 7) is 0. The van der Waals surface area contributed by atoms with Crippen LogP contribution in [0.2, 0.25) is 10.0 Å². The lowest BCUT2D eigenvalue weighted by molar-refractivity contribution is 0.0535. The van der Waals surface area contributed by atoms with Gasteiger partial charge in [-0.15, -0.1) is 0 Å². The van der Waals surface area contributed by atoms with Crippen molar-refractivity contribution in [1.82, 2.24) is 5.32 Å². The maximum atomic E-state index is 12.4. The van der Waals surface area contributed by atoms with E-state index in [-0.39, 0.29) is 5.54 Å². The van der Waals surface area contributed by atoms with Crippen molar-refractivity contribution < 1.29 is 9.53 Å². The summed E-state index contributed by atoms with van der Waals surface area (Å²) in [7, 11) is 1.90. The first-order valence-corrected chi connectivity index (χ1v) is 8.86. The summed E-state index contributed by atoms with van der Waals surface area (Å²) in [5.74, 6) is 0.162. The number of likely N-dealkylation sites (N-methyl/N-ethyl adjacent to an activating group) is 1. The Labute approximate surface area is 149 Å². The molecule has 3 nitrogen and oxygen atoms in total. The molecule has 0 spiro atoms. The topological polar surface area (TPSA) is 38.3 Å². The lowest BCUT2D eigenvalue weighted by Crippen LogP contribution is -2.47. The fourth-order valence-corrected chi connectivity index (χ4v) is 3.61. The molecule has 1 aliphatic carbocycles. The van der Waals surface area contributed by atoms with Gasteiger partial charge in [0.25, 0.3) is 0 Å². The molecule has 0 radical (unpaired) electrons. The van der Waals surface area contributed by atoms with Gasteiger partial charge in [-0.05, 0) is 38.1 Å². The van der Waals surface area contributed by atoms with Crippen LogP contribution in [0.4, 0.5) is 0 Å². The third-order valence-electron chi connectivity index (χ3n) is 4.11. The number of ether oxygens (including phenoxy) is 1. The molecular weight excluding hydrogens is 389 g/mol. The maximum Gasteiger partial charge on any atom is 0.343 e. The minimum Gasteiger partial charge on any atom is -0.425 e. The summed E-state index contributed by atoms with van der Waals surface area (Å²) in [6.07, 6.45) is 5.30. The van der Waals surface area contributed by atoms with Gasteiger partial charge in [0.1, 0.15) is 5.76 Å². The molecule has 22 heavy (non-hydrogen) atoms. The van der Waals surface area contributed by atoms with Gasteiger partial charge in [0, 0.05) is 4.99 Å². The monoisotopic (exact) mass is 405 g/mol. The van der Waals surface area contributed by atoms with Gasteiger partial charge in [-0.25, -0.2) is 4.79 Å². The van der Waals surface area contributed by atoms with Crippen molar-refractivity contribution in [3.63, 3.8) is 0 Å². The van der Waals surface area contributed by atoms with Crippen molar-refractivity contribution >= 4 is 45.1 Å². The summed E-state index contributed by atoms with van der Waals surface area (Å²) >= 11 is 15.2. The van der Waals surface area contributed by atoms with Crippen molar-refractivity contribution in [2.45, 2.75) is 37.6 Å². The molecule has 0 unspecified atom stereocenters. The van der Waals surface area contributed by atoms with Crippen LogP contribution < -0.4 is 5.32 Å². The third-order valence-corrected chi connectivity index (χ3v) is 5.27. The minimum absolute atomic E-state index is 0.298. The Morgan fingerprint density at radius 2 is 1.95 bits per heavy atom. The van der Waals surface area contributed by atoms with Crippen LogP contribution in [-0.4, -0.2) is 18.6 Å². The molecule has 120 valence electrons. The lowest BCUT2D eigenvalue weighted by atomic mass is 9.80. The standard InChI is InChI=1S/C16H18BrCl2NO2/c1-20-16(7-3-2-4-8-16)14(10-17)22-15(21)11-5-6-12(18)13(19)9-11/h5-6,9-10,20H,2-4,7-8H2,1H3. The molecule has 1 aromatic carbocycles. The zero-order chi connectivity index (χ0) is 16.2. The van der Waals surface area contributed by atoms with E-state index in [4.69, 9.17) is 27.9 Å². The number of esters is 1. The molecule has 0 amide bonds. The second-order valence-electron chi connectivity index (χ2n) is 5.38. The Bertz CT molecular complexity index is 584. The first kappa shape index (κ1) is 17.8. The highest BCUT2D eigenvalue weighted by molar-refractivity contribution is 9.11. The predicted octanol–water partition coefficient (Wildman–Crippen LogP) is 5.31. The van der Waals surface area contributed by atoms with Crippen LogP contribution in [-0.2, 0) is 4.74 Å². The zero-order valence-corrected chi connectivity index (χ0v) is 15.4. The molecule has 0 heterocycles. The number of halogens is 3. The van der Waals surface area contributed by atoms with Crippen LogP contribution in [0, 0.1) is 0 Å². The summed E-state index contributed by atoms with van der Waals surface area (Å²) in [5.41, 5.74) is 0.0801. The van der Waals surface area contributed by atoms with E-state index in [0.29, 0.717) is 21.4 Å². The van der Waals surface area contributed by atoms with E-state index in [2.05, 4.69) is 21.2 Å². The van der Waals surface area contributed by atoms with Crippen LogP contribution in [0.5, 0.6) is 0 Å². The molecule has 1 saturated carbocycles. The summed E-state index contributed by atoms with van der Waals surface area (Å²) in [4.78, 5) is 14.0. The molecule has 0 aliphatic heterocycles. The molecule has 1 N–H and O–H groups in total. The van der Waals surface area contributed by atoms with Gasteiger partial charge in [0.2, 0.25) is 0 Å². The number of hydrogen-bond acceptors (Lipinski definition) is 3. The van der Waals surface area contributed by atoms with E-state index in [0.717, 1.165) is 25.7 Å². The van der Waals surface area contributed by atoms with Gasteiger partial charge in [-0.3, -0.25) is 0 Å². The first-order chi connectivity index (χ1) is 10.5. The van der Waals surface area contributed by atoms with Gasteiger partial charge in [0.15, 0.2) is 0 Å². The number of carbonyl (C=O) groups is 1. The highest BCUT2D eigenvalue weighted by Crippen LogP contribution is 2.35. The molecule has 1 aliphatic rings. The molecule has 2 rings (SSSR count). The van der Waals surface area contributed by atoms with Gasteiger partial charge < -0.3 is 10.1 Å². The number of carbonyl (C=O) groups excluding carboxylic acids is 1. The molecular formula is C16H18BrCl2NO2. The third kappa shape index (κ3) is 3.85. The summed E-state index contributed by atoms with van der Waals surface area (Å²) in [6, 6.07) is 4.72. The Kier molecular flexibility index (Phi) is 6.33. The van der Waals surface area contributed by atoms with E-state index in [9.17, 15) is 4.79 Å². The average Bonchev–Trinajstić information content (AvgIpc) is 2.55. The number of rotatable bonds is 4. The number of hydrogen-bond donors (Lipinski definition) is 1. The predicted molar refractivity (Wildman–Crippen MR) is 93.8 cm³/mol. The van der Waals surface area contributed by atoms with E-state index in [1.807, 2.05) is 7.05 Å². The fourth-order valence-electron chi connectivity index (χ4n) is 2.78.